The van der Waals surface area contributed by atoms with Gasteiger partial charge in [0.05, 0.1) is 6.54 Å². The molecule has 0 aliphatic heterocycles. The standard InChI is InChI=1S/C11H16F2N2O2/c1-8(2)15-5-3-4-9(15)10(17)14-6-11(12,13)7-16/h3-5,8,16H,6-7H2,1-2H3,(H,14,17). The third-order valence-corrected chi connectivity index (χ3v) is 2.31. The molecule has 1 heterocycles. The highest BCUT2D eigenvalue weighted by atomic mass is 19.3. The summed E-state index contributed by atoms with van der Waals surface area (Å²) in [6.07, 6.45) is 1.71. The van der Waals surface area contributed by atoms with Crippen LogP contribution in [0.2, 0.25) is 0 Å². The van der Waals surface area contributed by atoms with Gasteiger partial charge < -0.3 is 15.0 Å². The van der Waals surface area contributed by atoms with Crippen molar-refractivity contribution in [3.63, 3.8) is 0 Å². The van der Waals surface area contributed by atoms with E-state index in [0.29, 0.717) is 5.69 Å². The van der Waals surface area contributed by atoms with E-state index in [0.717, 1.165) is 0 Å². The highest BCUT2D eigenvalue weighted by Gasteiger charge is 2.28. The van der Waals surface area contributed by atoms with E-state index in [1.54, 1.807) is 22.9 Å². The second kappa shape index (κ2) is 5.27. The fraction of sp³-hybridized carbons (Fsp3) is 0.545. The van der Waals surface area contributed by atoms with Gasteiger partial charge in [-0.15, -0.1) is 0 Å². The Morgan fingerprint density at radius 1 is 1.59 bits per heavy atom. The van der Waals surface area contributed by atoms with Gasteiger partial charge in [-0.05, 0) is 26.0 Å². The summed E-state index contributed by atoms with van der Waals surface area (Å²) in [5.41, 5.74) is 0.328. The van der Waals surface area contributed by atoms with Gasteiger partial charge in [0.25, 0.3) is 11.8 Å². The van der Waals surface area contributed by atoms with Crippen LogP contribution in [0, 0.1) is 0 Å². The second-order valence-electron chi connectivity index (χ2n) is 4.09. The second-order valence-corrected chi connectivity index (χ2v) is 4.09. The number of carbonyl (C=O) groups excluding carboxylic acids is 1. The van der Waals surface area contributed by atoms with Gasteiger partial charge in [-0.3, -0.25) is 4.79 Å². The van der Waals surface area contributed by atoms with Crippen molar-refractivity contribution < 1.29 is 18.7 Å². The Labute approximate surface area is 98.2 Å². The van der Waals surface area contributed by atoms with Crippen molar-refractivity contribution in [1.82, 2.24) is 9.88 Å². The van der Waals surface area contributed by atoms with E-state index < -0.39 is 25.0 Å². The van der Waals surface area contributed by atoms with Crippen molar-refractivity contribution in [3.05, 3.63) is 24.0 Å². The molecular formula is C11H16F2N2O2. The maximum absolute atomic E-state index is 12.7. The first-order valence-corrected chi connectivity index (χ1v) is 5.31. The summed E-state index contributed by atoms with van der Waals surface area (Å²) >= 11 is 0. The number of nitrogens with one attached hydrogen (secondary N) is 1. The van der Waals surface area contributed by atoms with Gasteiger partial charge in [0, 0.05) is 12.2 Å². The molecule has 2 N–H and O–H groups in total. The Bertz CT molecular complexity index is 389. The van der Waals surface area contributed by atoms with E-state index >= 15 is 0 Å². The zero-order chi connectivity index (χ0) is 13.1. The Morgan fingerprint density at radius 2 is 2.24 bits per heavy atom. The number of hydrogen-bond acceptors (Lipinski definition) is 2. The molecule has 1 rings (SSSR count). The molecule has 4 nitrogen and oxygen atoms in total. The predicted molar refractivity (Wildman–Crippen MR) is 59.2 cm³/mol. The number of alkyl halides is 2. The maximum atomic E-state index is 12.7. The highest BCUT2D eigenvalue weighted by Crippen LogP contribution is 2.13. The molecular weight excluding hydrogens is 230 g/mol. The lowest BCUT2D eigenvalue weighted by molar-refractivity contribution is -0.0462. The first kappa shape index (κ1) is 13.6. The molecule has 96 valence electrons. The molecule has 0 unspecified atom stereocenters. The lowest BCUT2D eigenvalue weighted by Gasteiger charge is -2.16. The summed E-state index contributed by atoms with van der Waals surface area (Å²) in [5, 5.41) is 10.5. The van der Waals surface area contributed by atoms with E-state index in [2.05, 4.69) is 5.32 Å². The zero-order valence-electron chi connectivity index (χ0n) is 9.78. The third kappa shape index (κ3) is 3.52. The molecule has 0 aliphatic rings. The fourth-order valence-corrected chi connectivity index (χ4v) is 1.39. The van der Waals surface area contributed by atoms with Crippen LogP contribution in [0.4, 0.5) is 8.78 Å². The van der Waals surface area contributed by atoms with Crippen LogP contribution in [-0.4, -0.2) is 34.7 Å². The van der Waals surface area contributed by atoms with Crippen molar-refractivity contribution in [3.8, 4) is 0 Å². The van der Waals surface area contributed by atoms with Crippen molar-refractivity contribution >= 4 is 5.91 Å². The van der Waals surface area contributed by atoms with E-state index in [-0.39, 0.29) is 6.04 Å². The number of carbonyl (C=O) groups is 1. The first-order chi connectivity index (χ1) is 7.87. The molecule has 0 aliphatic carbocycles. The Hall–Kier alpha value is -1.43. The van der Waals surface area contributed by atoms with Crippen LogP contribution in [-0.2, 0) is 0 Å². The minimum atomic E-state index is -3.29. The van der Waals surface area contributed by atoms with Crippen molar-refractivity contribution in [2.75, 3.05) is 13.2 Å². The topological polar surface area (TPSA) is 54.3 Å². The van der Waals surface area contributed by atoms with E-state index in [1.165, 1.54) is 0 Å². The van der Waals surface area contributed by atoms with Gasteiger partial charge in [0.1, 0.15) is 12.3 Å². The van der Waals surface area contributed by atoms with E-state index in [9.17, 15) is 13.6 Å². The number of hydrogen-bond donors (Lipinski definition) is 2. The molecule has 0 saturated carbocycles. The highest BCUT2D eigenvalue weighted by molar-refractivity contribution is 5.92. The smallest absolute Gasteiger partial charge is 0.287 e. The van der Waals surface area contributed by atoms with Gasteiger partial charge in [-0.2, -0.15) is 0 Å². The molecule has 0 aromatic carbocycles. The van der Waals surface area contributed by atoms with Crippen LogP contribution in [0.3, 0.4) is 0 Å². The first-order valence-electron chi connectivity index (χ1n) is 5.31. The van der Waals surface area contributed by atoms with Gasteiger partial charge in [0.15, 0.2) is 0 Å². The summed E-state index contributed by atoms with van der Waals surface area (Å²) in [7, 11) is 0. The van der Waals surface area contributed by atoms with Crippen LogP contribution < -0.4 is 5.32 Å². The number of halogens is 2. The summed E-state index contributed by atoms with van der Waals surface area (Å²) in [6, 6.07) is 3.31. The van der Waals surface area contributed by atoms with Crippen LogP contribution in [0.25, 0.3) is 0 Å². The molecule has 0 fully saturated rings. The molecule has 1 amide bonds. The SMILES string of the molecule is CC(C)n1cccc1C(=O)NCC(F)(F)CO. The van der Waals surface area contributed by atoms with Gasteiger partial charge in [-0.25, -0.2) is 8.78 Å². The number of aliphatic hydroxyl groups excluding tert-OH is 1. The van der Waals surface area contributed by atoms with Crippen LogP contribution in [0.5, 0.6) is 0 Å². The quantitative estimate of drug-likeness (QED) is 0.825. The van der Waals surface area contributed by atoms with Crippen molar-refractivity contribution in [2.45, 2.75) is 25.8 Å². The Morgan fingerprint density at radius 3 is 2.76 bits per heavy atom. The molecule has 0 atom stereocenters. The number of rotatable bonds is 5. The largest absolute Gasteiger partial charge is 0.390 e. The monoisotopic (exact) mass is 246 g/mol. The number of aliphatic hydroxyl groups is 1. The molecule has 6 heteroatoms. The lowest BCUT2D eigenvalue weighted by Crippen LogP contribution is -2.39. The average Bonchev–Trinajstić information content (AvgIpc) is 2.75. The molecule has 1 aromatic rings. The zero-order valence-corrected chi connectivity index (χ0v) is 9.78. The molecule has 17 heavy (non-hydrogen) atoms. The van der Waals surface area contributed by atoms with Crippen LogP contribution >= 0.6 is 0 Å². The molecule has 0 saturated heterocycles. The summed E-state index contributed by atoms with van der Waals surface area (Å²) in [4.78, 5) is 11.6. The molecule has 0 radical (unpaired) electrons. The number of amides is 1. The van der Waals surface area contributed by atoms with Crippen molar-refractivity contribution in [1.29, 1.82) is 0 Å². The fourth-order valence-electron chi connectivity index (χ4n) is 1.39. The maximum Gasteiger partial charge on any atom is 0.287 e. The van der Waals surface area contributed by atoms with Crippen molar-refractivity contribution in [2.24, 2.45) is 0 Å². The van der Waals surface area contributed by atoms with Gasteiger partial charge >= 0.3 is 0 Å². The summed E-state index contributed by atoms with van der Waals surface area (Å²) < 4.78 is 27.2. The van der Waals surface area contributed by atoms with Crippen LogP contribution in [0.15, 0.2) is 18.3 Å². The lowest BCUT2D eigenvalue weighted by atomic mass is 10.3. The molecule has 0 bridgehead atoms. The van der Waals surface area contributed by atoms with Gasteiger partial charge in [-0.1, -0.05) is 0 Å². The third-order valence-electron chi connectivity index (χ3n) is 2.31. The Balaban J connectivity index is 2.68. The average molecular weight is 246 g/mol. The molecule has 1 aromatic heterocycles. The summed E-state index contributed by atoms with van der Waals surface area (Å²) in [5.74, 6) is -3.86. The van der Waals surface area contributed by atoms with Gasteiger partial charge in [0.2, 0.25) is 0 Å². The predicted octanol–water partition coefficient (Wildman–Crippen LogP) is 1.43. The van der Waals surface area contributed by atoms with E-state index in [1.807, 2.05) is 13.8 Å². The number of nitrogens with zero attached hydrogens (tertiary/aromatic N) is 1. The Kier molecular flexibility index (Phi) is 4.22. The molecule has 0 spiro atoms. The number of aromatic nitrogens is 1. The van der Waals surface area contributed by atoms with Crippen LogP contribution in [0.1, 0.15) is 30.4 Å². The minimum Gasteiger partial charge on any atom is -0.390 e. The summed E-state index contributed by atoms with van der Waals surface area (Å²) in [6.45, 7) is 1.63. The normalized spacial score (nSPS) is 11.9. The van der Waals surface area contributed by atoms with E-state index in [4.69, 9.17) is 5.11 Å². The minimum absolute atomic E-state index is 0.0732.